The molecule has 1 fully saturated rings. The highest BCUT2D eigenvalue weighted by atomic mass is 19.1. The molecule has 1 aliphatic rings. The molecule has 1 aromatic heterocycles. The van der Waals surface area contributed by atoms with Crippen molar-refractivity contribution in [1.29, 1.82) is 0 Å². The number of aromatic nitrogens is 1. The number of carbonyl (C=O) groups is 1. The van der Waals surface area contributed by atoms with E-state index in [1.165, 1.54) is 12.1 Å². The van der Waals surface area contributed by atoms with Crippen molar-refractivity contribution >= 4 is 16.8 Å². The molecule has 3 aromatic rings. The Kier molecular flexibility index (Phi) is 5.53. The van der Waals surface area contributed by atoms with Crippen molar-refractivity contribution in [2.24, 2.45) is 0 Å². The van der Waals surface area contributed by atoms with Crippen molar-refractivity contribution in [2.45, 2.75) is 32.5 Å². The van der Waals surface area contributed by atoms with Gasteiger partial charge in [-0.2, -0.15) is 0 Å². The zero-order chi connectivity index (χ0) is 20.4. The Morgan fingerprint density at radius 2 is 1.90 bits per heavy atom. The molecule has 0 spiro atoms. The predicted octanol–water partition coefficient (Wildman–Crippen LogP) is 3.81. The third-order valence-electron chi connectivity index (χ3n) is 5.62. The van der Waals surface area contributed by atoms with E-state index in [0.717, 1.165) is 29.6 Å². The van der Waals surface area contributed by atoms with Gasteiger partial charge in [0, 0.05) is 48.8 Å². The molecule has 2 heterocycles. The summed E-state index contributed by atoms with van der Waals surface area (Å²) in [7, 11) is 0. The molecule has 1 saturated heterocycles. The Hall–Kier alpha value is -2.86. The van der Waals surface area contributed by atoms with E-state index in [1.54, 1.807) is 0 Å². The van der Waals surface area contributed by atoms with Gasteiger partial charge < -0.3 is 14.6 Å². The number of ether oxygens (including phenoxy) is 1. The summed E-state index contributed by atoms with van der Waals surface area (Å²) in [5.74, 6) is 0.474. The first-order valence-corrected chi connectivity index (χ1v) is 9.97. The van der Waals surface area contributed by atoms with E-state index in [0.29, 0.717) is 12.3 Å². The molecule has 1 N–H and O–H groups in total. The van der Waals surface area contributed by atoms with Gasteiger partial charge >= 0.3 is 0 Å². The molecule has 5 nitrogen and oxygen atoms in total. The van der Waals surface area contributed by atoms with Crippen LogP contribution in [0.15, 0.2) is 54.7 Å². The number of rotatable bonds is 5. The van der Waals surface area contributed by atoms with E-state index in [-0.39, 0.29) is 30.4 Å². The molecule has 0 saturated carbocycles. The minimum absolute atomic E-state index is 0.0000484. The zero-order valence-electron chi connectivity index (χ0n) is 16.8. The van der Waals surface area contributed by atoms with Crippen LogP contribution in [0.4, 0.5) is 4.39 Å². The van der Waals surface area contributed by atoms with Crippen molar-refractivity contribution in [1.82, 2.24) is 14.8 Å². The summed E-state index contributed by atoms with van der Waals surface area (Å²) < 4.78 is 18.9. The van der Waals surface area contributed by atoms with Gasteiger partial charge in [-0.3, -0.25) is 9.69 Å². The summed E-state index contributed by atoms with van der Waals surface area (Å²) in [5.41, 5.74) is 2.12. The molecule has 2 aromatic carbocycles. The van der Waals surface area contributed by atoms with Crippen LogP contribution < -0.4 is 4.74 Å². The predicted molar refractivity (Wildman–Crippen MR) is 111 cm³/mol. The van der Waals surface area contributed by atoms with E-state index < -0.39 is 0 Å². The average molecular weight is 395 g/mol. The van der Waals surface area contributed by atoms with Gasteiger partial charge in [0.2, 0.25) is 0 Å². The highest BCUT2D eigenvalue weighted by molar-refractivity contribution is 5.81. The Balaban J connectivity index is 1.34. The van der Waals surface area contributed by atoms with Crippen LogP contribution in [0.3, 0.4) is 0 Å². The summed E-state index contributed by atoms with van der Waals surface area (Å²) in [4.78, 5) is 20.2. The van der Waals surface area contributed by atoms with Crippen LogP contribution in [0.5, 0.6) is 5.75 Å². The minimum Gasteiger partial charge on any atom is -0.484 e. The first-order chi connectivity index (χ1) is 14.0. The first kappa shape index (κ1) is 19.5. The van der Waals surface area contributed by atoms with E-state index in [9.17, 15) is 9.18 Å². The summed E-state index contributed by atoms with van der Waals surface area (Å²) in [6, 6.07) is 14.7. The third kappa shape index (κ3) is 4.43. The number of H-pyrrole nitrogens is 1. The van der Waals surface area contributed by atoms with E-state index in [1.807, 2.05) is 47.5 Å². The molecule has 0 unspecified atom stereocenters. The molecular formula is C23H26FN3O2. The molecule has 0 aliphatic carbocycles. The normalized spacial score (nSPS) is 20.2. The molecule has 0 bridgehead atoms. The second-order valence-corrected chi connectivity index (χ2v) is 7.82. The topological polar surface area (TPSA) is 48.6 Å². The van der Waals surface area contributed by atoms with Crippen LogP contribution in [0, 0.1) is 5.82 Å². The third-order valence-corrected chi connectivity index (χ3v) is 5.62. The summed E-state index contributed by atoms with van der Waals surface area (Å²) in [5, 5.41) is 1.06. The van der Waals surface area contributed by atoms with Gasteiger partial charge in [-0.1, -0.05) is 12.1 Å². The number of piperazine rings is 1. The molecule has 152 valence electrons. The van der Waals surface area contributed by atoms with Crippen LogP contribution in [0.1, 0.15) is 19.4 Å². The molecule has 1 amide bonds. The van der Waals surface area contributed by atoms with Gasteiger partial charge in [0.05, 0.1) is 0 Å². The number of hydrogen-bond donors (Lipinski definition) is 1. The van der Waals surface area contributed by atoms with Crippen LogP contribution in [0.25, 0.3) is 10.9 Å². The van der Waals surface area contributed by atoms with Crippen LogP contribution in [-0.4, -0.2) is 52.5 Å². The van der Waals surface area contributed by atoms with Crippen molar-refractivity contribution < 1.29 is 13.9 Å². The highest BCUT2D eigenvalue weighted by Crippen LogP contribution is 2.21. The molecule has 1 aliphatic heterocycles. The molecule has 29 heavy (non-hydrogen) atoms. The lowest BCUT2D eigenvalue weighted by Gasteiger charge is -2.44. The summed E-state index contributed by atoms with van der Waals surface area (Å²) in [6.45, 7) is 6.40. The number of nitrogens with one attached hydrogen (secondary N) is 1. The highest BCUT2D eigenvalue weighted by Gasteiger charge is 2.32. The van der Waals surface area contributed by atoms with Crippen LogP contribution in [0.2, 0.25) is 0 Å². The molecule has 6 heteroatoms. The number of carbonyl (C=O) groups excluding carboxylic acids is 1. The maximum absolute atomic E-state index is 13.1. The number of nitrogens with zero attached hydrogens (tertiary/aromatic N) is 2. The molecule has 4 rings (SSSR count). The van der Waals surface area contributed by atoms with Crippen molar-refractivity contribution in [2.75, 3.05) is 19.7 Å². The lowest BCUT2D eigenvalue weighted by Crippen LogP contribution is -2.58. The van der Waals surface area contributed by atoms with E-state index in [2.05, 4.69) is 23.7 Å². The smallest absolute Gasteiger partial charge is 0.260 e. The van der Waals surface area contributed by atoms with Crippen LogP contribution >= 0.6 is 0 Å². The minimum atomic E-state index is -0.221. The van der Waals surface area contributed by atoms with Crippen molar-refractivity contribution in [3.63, 3.8) is 0 Å². The van der Waals surface area contributed by atoms with Gasteiger partial charge in [-0.25, -0.2) is 4.39 Å². The Labute approximate surface area is 170 Å². The number of fused-ring (bicyclic) bond motifs is 1. The standard InChI is InChI=1S/C23H26FN3O2/c1-16-13-27(17(2)12-26(16)14-18-3-5-20(24)6-4-18)23(28)15-29-21-7-8-22-19(11-21)9-10-25-22/h3-11,16-17,25H,12-15H2,1-2H3/t16-,17+/m0/s1. The second-order valence-electron chi connectivity index (χ2n) is 7.82. The monoisotopic (exact) mass is 395 g/mol. The number of hydrogen-bond acceptors (Lipinski definition) is 3. The number of benzene rings is 2. The molecule has 2 atom stereocenters. The van der Waals surface area contributed by atoms with Gasteiger partial charge in [-0.05, 0) is 55.8 Å². The molecule has 0 radical (unpaired) electrons. The summed E-state index contributed by atoms with van der Waals surface area (Å²) >= 11 is 0. The first-order valence-electron chi connectivity index (χ1n) is 9.97. The fourth-order valence-electron chi connectivity index (χ4n) is 3.94. The van der Waals surface area contributed by atoms with Crippen molar-refractivity contribution in [3.05, 3.63) is 66.1 Å². The second kappa shape index (κ2) is 8.25. The maximum Gasteiger partial charge on any atom is 0.260 e. The van der Waals surface area contributed by atoms with Gasteiger partial charge in [0.15, 0.2) is 6.61 Å². The zero-order valence-corrected chi connectivity index (χ0v) is 16.8. The lowest BCUT2D eigenvalue weighted by atomic mass is 10.1. The lowest BCUT2D eigenvalue weighted by molar-refractivity contribution is -0.139. The van der Waals surface area contributed by atoms with Crippen molar-refractivity contribution in [3.8, 4) is 5.75 Å². The number of aromatic amines is 1. The fraction of sp³-hybridized carbons (Fsp3) is 0.348. The Morgan fingerprint density at radius 3 is 2.69 bits per heavy atom. The fourth-order valence-corrected chi connectivity index (χ4v) is 3.94. The van der Waals surface area contributed by atoms with Gasteiger partial charge in [0.25, 0.3) is 5.91 Å². The number of halogens is 1. The Morgan fingerprint density at radius 1 is 1.10 bits per heavy atom. The quantitative estimate of drug-likeness (QED) is 0.715. The Bertz CT molecular complexity index is 985. The van der Waals surface area contributed by atoms with Crippen LogP contribution in [-0.2, 0) is 11.3 Å². The van der Waals surface area contributed by atoms with Gasteiger partial charge in [-0.15, -0.1) is 0 Å². The largest absolute Gasteiger partial charge is 0.484 e. The van der Waals surface area contributed by atoms with E-state index in [4.69, 9.17) is 4.74 Å². The van der Waals surface area contributed by atoms with E-state index >= 15 is 0 Å². The number of amides is 1. The molecular weight excluding hydrogens is 369 g/mol. The maximum atomic E-state index is 13.1. The average Bonchev–Trinajstić information content (AvgIpc) is 3.18. The summed E-state index contributed by atoms with van der Waals surface area (Å²) in [6.07, 6.45) is 1.88. The SMILES string of the molecule is C[C@@H]1CN(Cc2ccc(F)cc2)[C@@H](C)CN1C(=O)COc1ccc2[nH]ccc2c1. The van der Waals surface area contributed by atoms with Gasteiger partial charge in [0.1, 0.15) is 11.6 Å².